The van der Waals surface area contributed by atoms with Crippen LogP contribution in [0.5, 0.6) is 0 Å². The zero-order valence-electron chi connectivity index (χ0n) is 9.64. The van der Waals surface area contributed by atoms with Crippen LogP contribution < -0.4 is 10.6 Å². The first-order chi connectivity index (χ1) is 8.63. The molecule has 0 radical (unpaired) electrons. The highest BCUT2D eigenvalue weighted by Gasteiger charge is 2.39. The van der Waals surface area contributed by atoms with Crippen molar-refractivity contribution in [2.75, 3.05) is 17.2 Å². The number of carbonyl (C=O) groups excluding carboxylic acids is 2. The number of amides is 2. The molecule has 0 bridgehead atoms. The highest BCUT2D eigenvalue weighted by atomic mass is 35.5. The second-order valence-corrected chi connectivity index (χ2v) is 5.65. The first kappa shape index (κ1) is 13.4. The molecule has 2 amide bonds. The minimum absolute atomic E-state index is 0.180. The fraction of sp³-hybridized carbons (Fsp3) is 0.333. The van der Waals surface area contributed by atoms with Crippen molar-refractivity contribution in [1.29, 1.82) is 0 Å². The standard InChI is InChI=1S/C12H13ClN2O2S/c13-8-2-1-3-9(6-8)15-11(16)7-10(12(15)17)18-5-4-14/h1-3,6,10H,4-5,7,14H2/t10-/m0/s1. The number of benzene rings is 1. The third-order valence-electron chi connectivity index (χ3n) is 2.61. The summed E-state index contributed by atoms with van der Waals surface area (Å²) in [6, 6.07) is 6.75. The molecule has 1 fully saturated rings. The molecule has 1 heterocycles. The van der Waals surface area contributed by atoms with Gasteiger partial charge in [-0.3, -0.25) is 9.59 Å². The van der Waals surface area contributed by atoms with Gasteiger partial charge in [-0.25, -0.2) is 4.90 Å². The zero-order valence-corrected chi connectivity index (χ0v) is 11.2. The molecule has 0 saturated carbocycles. The molecule has 1 aliphatic rings. The second kappa shape index (κ2) is 5.73. The Hall–Kier alpha value is -1.04. The third kappa shape index (κ3) is 2.68. The average Bonchev–Trinajstić information content (AvgIpc) is 2.62. The molecule has 2 N–H and O–H groups in total. The van der Waals surface area contributed by atoms with Crippen molar-refractivity contribution in [3.05, 3.63) is 29.3 Å². The number of rotatable bonds is 4. The Labute approximate surface area is 114 Å². The van der Waals surface area contributed by atoms with Gasteiger partial charge in [0, 0.05) is 23.7 Å². The number of carbonyl (C=O) groups is 2. The summed E-state index contributed by atoms with van der Waals surface area (Å²) in [6.45, 7) is 0.500. The van der Waals surface area contributed by atoms with Crippen LogP contribution in [0.1, 0.15) is 6.42 Å². The summed E-state index contributed by atoms with van der Waals surface area (Å²) < 4.78 is 0. The largest absolute Gasteiger partial charge is 0.330 e. The molecular weight excluding hydrogens is 272 g/mol. The monoisotopic (exact) mass is 284 g/mol. The van der Waals surface area contributed by atoms with Crippen molar-refractivity contribution in [3.8, 4) is 0 Å². The van der Waals surface area contributed by atoms with E-state index >= 15 is 0 Å². The van der Waals surface area contributed by atoms with Crippen LogP contribution in [0.4, 0.5) is 5.69 Å². The Kier molecular flexibility index (Phi) is 4.27. The molecule has 4 nitrogen and oxygen atoms in total. The summed E-state index contributed by atoms with van der Waals surface area (Å²) in [4.78, 5) is 25.2. The van der Waals surface area contributed by atoms with E-state index in [4.69, 9.17) is 17.3 Å². The predicted octanol–water partition coefficient (Wildman–Crippen LogP) is 1.66. The lowest BCUT2D eigenvalue weighted by Crippen LogP contribution is -2.31. The molecule has 1 saturated heterocycles. The summed E-state index contributed by atoms with van der Waals surface area (Å²) in [5.41, 5.74) is 5.94. The molecule has 0 unspecified atom stereocenters. The SMILES string of the molecule is NCCS[C@H]1CC(=O)N(c2cccc(Cl)c2)C1=O. The van der Waals surface area contributed by atoms with Crippen molar-refractivity contribution in [2.24, 2.45) is 5.73 Å². The van der Waals surface area contributed by atoms with Crippen LogP contribution in [-0.2, 0) is 9.59 Å². The van der Waals surface area contributed by atoms with Gasteiger partial charge in [-0.2, -0.15) is 0 Å². The molecule has 0 aliphatic carbocycles. The van der Waals surface area contributed by atoms with Gasteiger partial charge in [0.2, 0.25) is 11.8 Å². The Morgan fingerprint density at radius 2 is 2.22 bits per heavy atom. The summed E-state index contributed by atoms with van der Waals surface area (Å²) in [7, 11) is 0. The lowest BCUT2D eigenvalue weighted by Gasteiger charge is -2.14. The fourth-order valence-electron chi connectivity index (χ4n) is 1.83. The van der Waals surface area contributed by atoms with Gasteiger partial charge >= 0.3 is 0 Å². The molecule has 2 rings (SSSR count). The quantitative estimate of drug-likeness (QED) is 0.854. The number of hydrogen-bond donors (Lipinski definition) is 1. The fourth-order valence-corrected chi connectivity index (χ4v) is 2.94. The molecule has 1 aromatic carbocycles. The molecule has 0 aromatic heterocycles. The molecule has 96 valence electrons. The summed E-state index contributed by atoms with van der Waals surface area (Å²) >= 11 is 7.30. The number of nitrogens with two attached hydrogens (primary N) is 1. The molecule has 1 atom stereocenters. The van der Waals surface area contributed by atoms with Crippen molar-refractivity contribution < 1.29 is 9.59 Å². The Morgan fingerprint density at radius 3 is 2.89 bits per heavy atom. The van der Waals surface area contributed by atoms with Gasteiger partial charge in [-0.1, -0.05) is 17.7 Å². The number of hydrogen-bond acceptors (Lipinski definition) is 4. The topological polar surface area (TPSA) is 63.4 Å². The van der Waals surface area contributed by atoms with E-state index in [2.05, 4.69) is 0 Å². The first-order valence-electron chi connectivity index (χ1n) is 5.57. The molecule has 1 aromatic rings. The number of thioether (sulfide) groups is 1. The van der Waals surface area contributed by atoms with E-state index < -0.39 is 0 Å². The van der Waals surface area contributed by atoms with Crippen LogP contribution >= 0.6 is 23.4 Å². The minimum Gasteiger partial charge on any atom is -0.330 e. The van der Waals surface area contributed by atoms with Gasteiger partial charge in [0.15, 0.2) is 0 Å². The predicted molar refractivity (Wildman–Crippen MR) is 73.9 cm³/mol. The average molecular weight is 285 g/mol. The summed E-state index contributed by atoms with van der Waals surface area (Å²) in [5, 5.41) is 0.186. The van der Waals surface area contributed by atoms with Gasteiger partial charge in [0.25, 0.3) is 0 Å². The summed E-state index contributed by atoms with van der Waals surface area (Å²) in [5.74, 6) is 0.310. The van der Waals surface area contributed by atoms with Crippen LogP contribution in [0.15, 0.2) is 24.3 Å². The van der Waals surface area contributed by atoms with Crippen molar-refractivity contribution >= 4 is 40.9 Å². The van der Waals surface area contributed by atoms with Crippen LogP contribution in [0, 0.1) is 0 Å². The number of anilines is 1. The van der Waals surface area contributed by atoms with Gasteiger partial charge in [-0.15, -0.1) is 11.8 Å². The zero-order chi connectivity index (χ0) is 13.1. The number of nitrogens with zero attached hydrogens (tertiary/aromatic N) is 1. The maximum absolute atomic E-state index is 12.1. The smallest absolute Gasteiger partial charge is 0.247 e. The highest BCUT2D eigenvalue weighted by molar-refractivity contribution is 8.00. The Bertz CT molecular complexity index is 481. The summed E-state index contributed by atoms with van der Waals surface area (Å²) in [6.07, 6.45) is 0.232. The number of halogens is 1. The van der Waals surface area contributed by atoms with E-state index in [0.29, 0.717) is 23.0 Å². The van der Waals surface area contributed by atoms with Gasteiger partial charge in [0.05, 0.1) is 10.9 Å². The minimum atomic E-state index is -0.319. The van der Waals surface area contributed by atoms with Crippen molar-refractivity contribution in [3.63, 3.8) is 0 Å². The molecule has 1 aliphatic heterocycles. The van der Waals surface area contributed by atoms with Crippen LogP contribution in [0.2, 0.25) is 5.02 Å². The lowest BCUT2D eigenvalue weighted by molar-refractivity contribution is -0.121. The Morgan fingerprint density at radius 1 is 1.44 bits per heavy atom. The van der Waals surface area contributed by atoms with Crippen molar-refractivity contribution in [2.45, 2.75) is 11.7 Å². The molecule has 6 heteroatoms. The van der Waals surface area contributed by atoms with Gasteiger partial charge in [0.1, 0.15) is 0 Å². The van der Waals surface area contributed by atoms with E-state index in [-0.39, 0.29) is 23.5 Å². The van der Waals surface area contributed by atoms with E-state index in [1.807, 2.05) is 0 Å². The highest BCUT2D eigenvalue weighted by Crippen LogP contribution is 2.30. The number of imide groups is 1. The second-order valence-electron chi connectivity index (χ2n) is 3.90. The van der Waals surface area contributed by atoms with E-state index in [1.54, 1.807) is 24.3 Å². The lowest BCUT2D eigenvalue weighted by atomic mass is 10.3. The van der Waals surface area contributed by atoms with E-state index in [0.717, 1.165) is 0 Å². The van der Waals surface area contributed by atoms with Gasteiger partial charge in [-0.05, 0) is 18.2 Å². The maximum atomic E-state index is 12.1. The maximum Gasteiger partial charge on any atom is 0.247 e. The normalized spacial score (nSPS) is 19.7. The van der Waals surface area contributed by atoms with Crippen LogP contribution in [-0.4, -0.2) is 29.4 Å². The van der Waals surface area contributed by atoms with Crippen LogP contribution in [0.3, 0.4) is 0 Å². The van der Waals surface area contributed by atoms with Crippen LogP contribution in [0.25, 0.3) is 0 Å². The van der Waals surface area contributed by atoms with Gasteiger partial charge < -0.3 is 5.73 Å². The molecule has 0 spiro atoms. The van der Waals surface area contributed by atoms with E-state index in [1.165, 1.54) is 16.7 Å². The Balaban J connectivity index is 2.19. The van der Waals surface area contributed by atoms with Crippen molar-refractivity contribution in [1.82, 2.24) is 0 Å². The molecular formula is C12H13ClN2O2S. The third-order valence-corrected chi connectivity index (χ3v) is 4.09. The van der Waals surface area contributed by atoms with E-state index in [9.17, 15) is 9.59 Å². The molecule has 18 heavy (non-hydrogen) atoms. The first-order valence-corrected chi connectivity index (χ1v) is 7.00.